The van der Waals surface area contributed by atoms with Crippen molar-refractivity contribution in [2.45, 2.75) is 34.1 Å². The largest absolute Gasteiger partial charge is 0.298 e. The van der Waals surface area contributed by atoms with Crippen LogP contribution in [0.4, 0.5) is 0 Å². The van der Waals surface area contributed by atoms with Crippen LogP contribution in [0, 0.1) is 5.41 Å². The maximum absolute atomic E-state index is 11.4. The van der Waals surface area contributed by atoms with Gasteiger partial charge in [-0.2, -0.15) is 0 Å². The second-order valence-corrected chi connectivity index (χ2v) is 6.13. The van der Waals surface area contributed by atoms with Crippen molar-refractivity contribution in [3.8, 4) is 0 Å². The highest BCUT2D eigenvalue weighted by Crippen LogP contribution is 2.15. The second kappa shape index (κ2) is 4.89. The Morgan fingerprint density at radius 1 is 1.29 bits per heavy atom. The van der Waals surface area contributed by atoms with Gasteiger partial charge in [0.25, 0.3) is 0 Å². The van der Waals surface area contributed by atoms with Gasteiger partial charge in [0.15, 0.2) is 5.78 Å². The summed E-state index contributed by atoms with van der Waals surface area (Å²) in [5, 5.41) is 0. The van der Waals surface area contributed by atoms with E-state index in [1.165, 1.54) is 0 Å². The maximum atomic E-state index is 11.4. The lowest BCUT2D eigenvalue weighted by Gasteiger charge is -2.16. The molecule has 0 aromatic carbocycles. The van der Waals surface area contributed by atoms with Gasteiger partial charge in [-0.3, -0.25) is 4.79 Å². The summed E-state index contributed by atoms with van der Waals surface area (Å²) >= 11 is 0. The van der Waals surface area contributed by atoms with Crippen molar-refractivity contribution in [2.24, 2.45) is 5.41 Å². The Morgan fingerprint density at radius 2 is 1.79 bits per heavy atom. The summed E-state index contributed by atoms with van der Waals surface area (Å²) in [5.74, 6) is -0.683. The molecule has 0 radical (unpaired) electrons. The number of Topliss-reactive ketones (excluding diaryl/α,β-unsaturated/α-hetero) is 1. The van der Waals surface area contributed by atoms with Gasteiger partial charge < -0.3 is 0 Å². The lowest BCUT2D eigenvalue weighted by atomic mass is 9.92. The van der Waals surface area contributed by atoms with Crippen LogP contribution in [-0.2, 0) is 14.8 Å². The van der Waals surface area contributed by atoms with Crippen LogP contribution in [0.2, 0.25) is 0 Å². The molecule has 0 saturated carbocycles. The Hall–Kier alpha value is -0.420. The molecule has 0 amide bonds. The first-order valence-electron chi connectivity index (χ1n) is 4.69. The lowest BCUT2D eigenvalue weighted by Crippen LogP contribution is -2.35. The van der Waals surface area contributed by atoms with Gasteiger partial charge in [0.1, 0.15) is 5.75 Å². The molecule has 0 heterocycles. The van der Waals surface area contributed by atoms with Crippen LogP contribution < -0.4 is 4.72 Å². The summed E-state index contributed by atoms with van der Waals surface area (Å²) < 4.78 is 25.0. The van der Waals surface area contributed by atoms with Crippen LogP contribution in [0.5, 0.6) is 0 Å². The van der Waals surface area contributed by atoms with Crippen LogP contribution >= 0.6 is 0 Å². The van der Waals surface area contributed by atoms with E-state index in [1.54, 1.807) is 20.8 Å². The smallest absolute Gasteiger partial charge is 0.218 e. The Labute approximate surface area is 86.1 Å². The molecule has 0 aromatic rings. The summed E-state index contributed by atoms with van der Waals surface area (Å²) in [4.78, 5) is 11.4. The van der Waals surface area contributed by atoms with Gasteiger partial charge in [0.05, 0.1) is 0 Å². The molecule has 0 aliphatic rings. The lowest BCUT2D eigenvalue weighted by molar-refractivity contribution is -0.123. The second-order valence-electron chi connectivity index (χ2n) is 4.33. The third-order valence-electron chi connectivity index (χ3n) is 1.73. The van der Waals surface area contributed by atoms with Crippen molar-refractivity contribution in [1.29, 1.82) is 0 Å². The van der Waals surface area contributed by atoms with Gasteiger partial charge in [-0.25, -0.2) is 13.1 Å². The molecule has 4 nitrogen and oxygen atoms in total. The molecule has 0 aliphatic heterocycles. The average Bonchev–Trinajstić information content (AvgIpc) is 1.98. The zero-order chi connectivity index (χ0) is 11.4. The molecule has 84 valence electrons. The van der Waals surface area contributed by atoms with Crippen LogP contribution in [0.3, 0.4) is 0 Å². The number of carbonyl (C=O) groups is 1. The van der Waals surface area contributed by atoms with Crippen molar-refractivity contribution in [3.05, 3.63) is 0 Å². The number of sulfonamides is 1. The third-order valence-corrected chi connectivity index (χ3v) is 3.02. The summed E-state index contributed by atoms with van der Waals surface area (Å²) in [6.45, 7) is 7.40. The minimum atomic E-state index is -3.43. The topological polar surface area (TPSA) is 63.2 Å². The van der Waals surface area contributed by atoms with Gasteiger partial charge in [0.2, 0.25) is 10.0 Å². The van der Waals surface area contributed by atoms with E-state index in [0.717, 1.165) is 6.42 Å². The fourth-order valence-electron chi connectivity index (χ4n) is 0.698. The van der Waals surface area contributed by atoms with Crippen LogP contribution in [0.15, 0.2) is 0 Å². The van der Waals surface area contributed by atoms with E-state index in [2.05, 4.69) is 4.72 Å². The minimum Gasteiger partial charge on any atom is -0.298 e. The van der Waals surface area contributed by atoms with Gasteiger partial charge >= 0.3 is 0 Å². The fraction of sp³-hybridized carbons (Fsp3) is 0.889. The van der Waals surface area contributed by atoms with Crippen LogP contribution in [-0.4, -0.2) is 26.5 Å². The quantitative estimate of drug-likeness (QED) is 0.751. The molecule has 14 heavy (non-hydrogen) atoms. The van der Waals surface area contributed by atoms with E-state index in [0.29, 0.717) is 6.54 Å². The molecule has 0 rings (SSSR count). The number of carbonyl (C=O) groups excluding carboxylic acids is 1. The van der Waals surface area contributed by atoms with E-state index in [1.807, 2.05) is 6.92 Å². The monoisotopic (exact) mass is 221 g/mol. The summed E-state index contributed by atoms with van der Waals surface area (Å²) in [7, 11) is -3.43. The first-order chi connectivity index (χ1) is 6.19. The Kier molecular flexibility index (Phi) is 4.74. The van der Waals surface area contributed by atoms with E-state index < -0.39 is 21.2 Å². The zero-order valence-electron chi connectivity index (χ0n) is 9.25. The number of hydrogen-bond acceptors (Lipinski definition) is 3. The number of hydrogen-bond donors (Lipinski definition) is 1. The van der Waals surface area contributed by atoms with Crippen LogP contribution in [0.1, 0.15) is 34.1 Å². The van der Waals surface area contributed by atoms with Crippen LogP contribution in [0.25, 0.3) is 0 Å². The fourth-order valence-corrected chi connectivity index (χ4v) is 2.09. The zero-order valence-corrected chi connectivity index (χ0v) is 10.1. The Bertz CT molecular complexity index is 288. The molecule has 0 spiro atoms. The Balaban J connectivity index is 4.31. The summed E-state index contributed by atoms with van der Waals surface area (Å²) in [5.41, 5.74) is -0.596. The third kappa shape index (κ3) is 5.34. The SMILES string of the molecule is CCCNS(=O)(=O)CC(=O)C(C)(C)C. The molecule has 1 N–H and O–H groups in total. The van der Waals surface area contributed by atoms with E-state index in [-0.39, 0.29) is 5.78 Å². The van der Waals surface area contributed by atoms with Gasteiger partial charge in [0, 0.05) is 12.0 Å². The minimum absolute atomic E-state index is 0.263. The van der Waals surface area contributed by atoms with E-state index in [4.69, 9.17) is 0 Å². The first-order valence-corrected chi connectivity index (χ1v) is 6.35. The standard InChI is InChI=1S/C9H19NO3S/c1-5-6-10-14(12,13)7-8(11)9(2,3)4/h10H,5-7H2,1-4H3. The molecule has 0 saturated heterocycles. The molecule has 0 aromatic heterocycles. The van der Waals surface area contributed by atoms with Crippen molar-refractivity contribution in [2.75, 3.05) is 12.3 Å². The van der Waals surface area contributed by atoms with Gasteiger partial charge in [-0.1, -0.05) is 27.7 Å². The number of ketones is 1. The van der Waals surface area contributed by atoms with Crippen molar-refractivity contribution in [1.82, 2.24) is 4.72 Å². The molecule has 0 aliphatic carbocycles. The van der Waals surface area contributed by atoms with Gasteiger partial charge in [-0.15, -0.1) is 0 Å². The van der Waals surface area contributed by atoms with E-state index in [9.17, 15) is 13.2 Å². The molecule has 0 atom stereocenters. The molecular formula is C9H19NO3S. The maximum Gasteiger partial charge on any atom is 0.218 e. The van der Waals surface area contributed by atoms with E-state index >= 15 is 0 Å². The molecule has 0 bridgehead atoms. The number of rotatable bonds is 5. The predicted octanol–water partition coefficient (Wildman–Crippen LogP) is 0.931. The predicted molar refractivity (Wildman–Crippen MR) is 56.5 cm³/mol. The van der Waals surface area contributed by atoms with Crippen molar-refractivity contribution in [3.63, 3.8) is 0 Å². The summed E-state index contributed by atoms with van der Waals surface area (Å²) in [6, 6.07) is 0. The molecule has 0 fully saturated rings. The first kappa shape index (κ1) is 13.6. The van der Waals surface area contributed by atoms with Crippen molar-refractivity contribution >= 4 is 15.8 Å². The Morgan fingerprint density at radius 3 is 2.14 bits per heavy atom. The normalized spacial score (nSPS) is 12.9. The van der Waals surface area contributed by atoms with Gasteiger partial charge in [-0.05, 0) is 6.42 Å². The highest BCUT2D eigenvalue weighted by Gasteiger charge is 2.26. The highest BCUT2D eigenvalue weighted by atomic mass is 32.2. The highest BCUT2D eigenvalue weighted by molar-refractivity contribution is 7.90. The molecule has 0 unspecified atom stereocenters. The molecular weight excluding hydrogens is 202 g/mol. The summed E-state index contributed by atoms with van der Waals surface area (Å²) in [6.07, 6.45) is 0.725. The molecule has 5 heteroatoms. The van der Waals surface area contributed by atoms with Crippen molar-refractivity contribution < 1.29 is 13.2 Å². The average molecular weight is 221 g/mol. The number of nitrogens with one attached hydrogen (secondary N) is 1.